The summed E-state index contributed by atoms with van der Waals surface area (Å²) in [6.07, 6.45) is 1.78. The van der Waals surface area contributed by atoms with E-state index in [1.807, 2.05) is 30.5 Å². The lowest BCUT2D eigenvalue weighted by molar-refractivity contribution is -0.141. The topological polar surface area (TPSA) is 105 Å². The molecule has 0 aromatic heterocycles. The van der Waals surface area contributed by atoms with Crippen LogP contribution in [0.1, 0.15) is 23.5 Å². The van der Waals surface area contributed by atoms with Crippen LogP contribution in [0.5, 0.6) is 0 Å². The summed E-state index contributed by atoms with van der Waals surface area (Å²) >= 11 is 2.86. The molecule has 1 atom stereocenters. The van der Waals surface area contributed by atoms with E-state index in [1.54, 1.807) is 0 Å². The summed E-state index contributed by atoms with van der Waals surface area (Å²) in [7, 11) is 0. The van der Waals surface area contributed by atoms with E-state index in [1.165, 1.54) is 34.7 Å². The molecule has 2 amide bonds. The molecule has 3 rings (SSSR count). The highest BCUT2D eigenvalue weighted by atomic mass is 32.2. The monoisotopic (exact) mass is 488 g/mol. The molecule has 0 heterocycles. The number of alkyl carbamates (subject to hydrolysis) is 1. The Morgan fingerprint density at radius 2 is 1.67 bits per heavy atom. The number of nitrogens with one attached hydrogen (secondary N) is 2. The summed E-state index contributed by atoms with van der Waals surface area (Å²) in [4.78, 5) is 35.3. The Kier molecular flexibility index (Phi) is 9.50. The van der Waals surface area contributed by atoms with E-state index < -0.39 is 18.1 Å². The molecule has 0 saturated heterocycles. The molecular weight excluding hydrogens is 460 g/mol. The van der Waals surface area contributed by atoms with Crippen LogP contribution in [0.3, 0.4) is 0 Å². The lowest BCUT2D eigenvalue weighted by Crippen LogP contribution is -2.42. The van der Waals surface area contributed by atoms with Gasteiger partial charge in [-0.05, 0) is 40.7 Å². The van der Waals surface area contributed by atoms with Crippen LogP contribution in [-0.2, 0) is 14.3 Å². The van der Waals surface area contributed by atoms with Gasteiger partial charge in [0.15, 0.2) is 0 Å². The Morgan fingerprint density at radius 3 is 2.27 bits per heavy atom. The number of ether oxygens (including phenoxy) is 1. The summed E-state index contributed by atoms with van der Waals surface area (Å²) in [5.41, 5.74) is 4.67. The Bertz CT molecular complexity index is 939. The van der Waals surface area contributed by atoms with Crippen LogP contribution < -0.4 is 10.6 Å². The number of amides is 2. The summed E-state index contributed by atoms with van der Waals surface area (Å²) in [5, 5.41) is 14.4. The zero-order chi connectivity index (χ0) is 23.6. The minimum absolute atomic E-state index is 0.00881. The number of benzene rings is 2. The van der Waals surface area contributed by atoms with Gasteiger partial charge in [0, 0.05) is 18.2 Å². The van der Waals surface area contributed by atoms with Crippen molar-refractivity contribution in [3.8, 4) is 11.1 Å². The number of carboxylic acid groups (broad SMARTS) is 1. The van der Waals surface area contributed by atoms with Crippen molar-refractivity contribution in [2.45, 2.75) is 18.4 Å². The maximum Gasteiger partial charge on any atom is 0.407 e. The first-order valence-electron chi connectivity index (χ1n) is 10.7. The molecule has 9 heteroatoms. The average molecular weight is 489 g/mol. The molecule has 33 heavy (non-hydrogen) atoms. The molecule has 176 valence electrons. The number of carbonyl (C=O) groups is 3. The van der Waals surface area contributed by atoms with Crippen LogP contribution >= 0.6 is 23.5 Å². The van der Waals surface area contributed by atoms with Crippen LogP contribution in [-0.4, -0.2) is 65.8 Å². The van der Waals surface area contributed by atoms with E-state index in [4.69, 9.17) is 9.84 Å². The first kappa shape index (κ1) is 25.0. The van der Waals surface area contributed by atoms with Crippen molar-refractivity contribution in [3.63, 3.8) is 0 Å². The quantitative estimate of drug-likeness (QED) is 0.392. The van der Waals surface area contributed by atoms with E-state index in [9.17, 15) is 14.4 Å². The normalized spacial score (nSPS) is 13.0. The van der Waals surface area contributed by atoms with Crippen molar-refractivity contribution >= 4 is 41.5 Å². The number of carbonyl (C=O) groups excluding carboxylic acids is 2. The number of carboxylic acids is 1. The molecule has 2 aromatic rings. The second-order valence-electron chi connectivity index (χ2n) is 7.54. The predicted octanol–water partition coefficient (Wildman–Crippen LogP) is 3.58. The van der Waals surface area contributed by atoms with Crippen molar-refractivity contribution in [1.29, 1.82) is 0 Å². The third-order valence-corrected chi connectivity index (χ3v) is 6.94. The fourth-order valence-corrected chi connectivity index (χ4v) is 4.90. The van der Waals surface area contributed by atoms with Gasteiger partial charge in [-0.3, -0.25) is 4.79 Å². The van der Waals surface area contributed by atoms with E-state index in [0.717, 1.165) is 11.1 Å². The first-order valence-corrected chi connectivity index (χ1v) is 13.2. The Balaban J connectivity index is 1.36. The summed E-state index contributed by atoms with van der Waals surface area (Å²) in [5.74, 6) is -0.0344. The van der Waals surface area contributed by atoms with Gasteiger partial charge in [-0.15, -0.1) is 0 Å². The van der Waals surface area contributed by atoms with Gasteiger partial charge in [0.05, 0.1) is 5.75 Å². The van der Waals surface area contributed by atoms with Crippen molar-refractivity contribution in [3.05, 3.63) is 59.7 Å². The fourth-order valence-electron chi connectivity index (χ4n) is 3.77. The SMILES string of the molecule is CSCC[C@@H](NC(=O)CSCCNC(=O)OCC1c2ccccc2-c2ccccc21)C(=O)O. The van der Waals surface area contributed by atoms with E-state index >= 15 is 0 Å². The lowest BCUT2D eigenvalue weighted by Gasteiger charge is -2.15. The molecular formula is C24H28N2O5S2. The molecule has 0 bridgehead atoms. The highest BCUT2D eigenvalue weighted by Gasteiger charge is 2.29. The highest BCUT2D eigenvalue weighted by Crippen LogP contribution is 2.44. The van der Waals surface area contributed by atoms with Crippen molar-refractivity contribution in [2.24, 2.45) is 0 Å². The number of hydrogen-bond acceptors (Lipinski definition) is 6. The summed E-state index contributed by atoms with van der Waals surface area (Å²) in [6.45, 7) is 0.603. The summed E-state index contributed by atoms with van der Waals surface area (Å²) in [6, 6.07) is 15.4. The Labute approximate surface area is 202 Å². The van der Waals surface area contributed by atoms with E-state index in [0.29, 0.717) is 24.5 Å². The maximum absolute atomic E-state index is 12.2. The lowest BCUT2D eigenvalue weighted by atomic mass is 9.98. The van der Waals surface area contributed by atoms with E-state index in [2.05, 4.69) is 34.9 Å². The standard InChI is InChI=1S/C24H28N2O5S2/c1-32-12-10-21(23(28)29)26-22(27)15-33-13-11-25-24(30)31-14-20-18-8-4-2-6-16(18)17-7-3-5-9-19(17)20/h2-9,20-21H,10-15H2,1H3,(H,25,30)(H,26,27)(H,28,29)/t21-/m1/s1. The second-order valence-corrected chi connectivity index (χ2v) is 9.64. The molecule has 0 spiro atoms. The van der Waals surface area contributed by atoms with Gasteiger partial charge in [-0.1, -0.05) is 48.5 Å². The predicted molar refractivity (Wildman–Crippen MR) is 133 cm³/mol. The van der Waals surface area contributed by atoms with Gasteiger partial charge in [-0.25, -0.2) is 9.59 Å². The number of rotatable bonds is 12. The molecule has 7 nitrogen and oxygen atoms in total. The average Bonchev–Trinajstić information content (AvgIpc) is 3.13. The second kappa shape index (κ2) is 12.6. The van der Waals surface area contributed by atoms with Crippen molar-refractivity contribution < 1.29 is 24.2 Å². The molecule has 0 aliphatic heterocycles. The highest BCUT2D eigenvalue weighted by molar-refractivity contribution is 8.00. The first-order chi connectivity index (χ1) is 16.0. The van der Waals surface area contributed by atoms with Crippen LogP contribution in [0.4, 0.5) is 4.79 Å². The van der Waals surface area contributed by atoms with Crippen LogP contribution in [0.2, 0.25) is 0 Å². The Hall–Kier alpha value is -2.65. The zero-order valence-corrected chi connectivity index (χ0v) is 20.0. The van der Waals surface area contributed by atoms with Gasteiger partial charge in [0.1, 0.15) is 12.6 Å². The number of fused-ring (bicyclic) bond motifs is 3. The van der Waals surface area contributed by atoms with Crippen LogP contribution in [0, 0.1) is 0 Å². The zero-order valence-electron chi connectivity index (χ0n) is 18.4. The fraction of sp³-hybridized carbons (Fsp3) is 0.375. The molecule has 0 radical (unpaired) electrons. The van der Waals surface area contributed by atoms with Gasteiger partial charge in [-0.2, -0.15) is 23.5 Å². The molecule has 0 fully saturated rings. The Morgan fingerprint density at radius 1 is 1.03 bits per heavy atom. The van der Waals surface area contributed by atoms with Gasteiger partial charge in [0.2, 0.25) is 5.91 Å². The molecule has 0 saturated carbocycles. The number of aliphatic carboxylic acids is 1. The molecule has 2 aromatic carbocycles. The summed E-state index contributed by atoms with van der Waals surface area (Å²) < 4.78 is 5.48. The van der Waals surface area contributed by atoms with Gasteiger partial charge < -0.3 is 20.5 Å². The van der Waals surface area contributed by atoms with Crippen molar-refractivity contribution in [1.82, 2.24) is 10.6 Å². The minimum atomic E-state index is -1.03. The maximum atomic E-state index is 12.2. The van der Waals surface area contributed by atoms with Crippen LogP contribution in [0.25, 0.3) is 11.1 Å². The smallest absolute Gasteiger partial charge is 0.407 e. The third-order valence-electron chi connectivity index (χ3n) is 5.34. The molecule has 1 aliphatic rings. The van der Waals surface area contributed by atoms with Crippen molar-refractivity contribution in [2.75, 3.05) is 36.7 Å². The minimum Gasteiger partial charge on any atom is -0.480 e. The third kappa shape index (κ3) is 6.91. The van der Waals surface area contributed by atoms with Gasteiger partial charge in [0.25, 0.3) is 0 Å². The van der Waals surface area contributed by atoms with Crippen LogP contribution in [0.15, 0.2) is 48.5 Å². The largest absolute Gasteiger partial charge is 0.480 e. The number of hydrogen-bond donors (Lipinski definition) is 3. The number of thioether (sulfide) groups is 2. The van der Waals surface area contributed by atoms with E-state index in [-0.39, 0.29) is 24.2 Å². The molecule has 0 unspecified atom stereocenters. The molecule has 3 N–H and O–H groups in total. The molecule has 1 aliphatic carbocycles. The van der Waals surface area contributed by atoms with Gasteiger partial charge >= 0.3 is 12.1 Å².